The van der Waals surface area contributed by atoms with Gasteiger partial charge in [0.1, 0.15) is 22.3 Å². The number of para-hydroxylation sites is 3. The van der Waals surface area contributed by atoms with Gasteiger partial charge < -0.3 is 8.83 Å². The Bertz CT molecular complexity index is 3190. The molecule has 5 heteroatoms. The van der Waals surface area contributed by atoms with Gasteiger partial charge in [-0.05, 0) is 39.7 Å². The molecule has 0 unspecified atom stereocenters. The lowest BCUT2D eigenvalue weighted by Crippen LogP contribution is -2.00. The Morgan fingerprint density at radius 3 is 1.73 bits per heavy atom. The van der Waals surface area contributed by atoms with Gasteiger partial charge in [-0.3, -0.25) is 0 Å². The lowest BCUT2D eigenvalue weighted by Gasteiger charge is -2.10. The van der Waals surface area contributed by atoms with Gasteiger partial charge in [-0.15, -0.1) is 0 Å². The Morgan fingerprint density at radius 2 is 0.885 bits per heavy atom. The zero-order valence-corrected chi connectivity index (χ0v) is 27.7. The second-order valence-electron chi connectivity index (χ2n) is 13.1. The minimum atomic E-state index is 0.583. The van der Waals surface area contributed by atoms with Crippen molar-refractivity contribution in [3.8, 4) is 45.3 Å². The molecule has 0 saturated heterocycles. The average molecular weight is 666 g/mol. The van der Waals surface area contributed by atoms with Gasteiger partial charge in [0.25, 0.3) is 0 Å². The quantitative estimate of drug-likeness (QED) is 0.175. The van der Waals surface area contributed by atoms with Crippen LogP contribution in [0.1, 0.15) is 0 Å². The van der Waals surface area contributed by atoms with E-state index in [2.05, 4.69) is 103 Å². The van der Waals surface area contributed by atoms with Crippen molar-refractivity contribution in [3.63, 3.8) is 0 Å². The summed E-state index contributed by atoms with van der Waals surface area (Å²) in [5.74, 6) is 1.81. The molecule has 0 saturated carbocycles. The lowest BCUT2D eigenvalue weighted by molar-refractivity contribution is 0.665. The Kier molecular flexibility index (Phi) is 6.18. The number of furan rings is 2. The minimum absolute atomic E-state index is 0.583. The Balaban J connectivity index is 1.14. The van der Waals surface area contributed by atoms with Crippen molar-refractivity contribution in [3.05, 3.63) is 164 Å². The van der Waals surface area contributed by atoms with E-state index in [0.717, 1.165) is 77.1 Å². The Morgan fingerprint density at radius 1 is 0.327 bits per heavy atom. The fraction of sp³-hybridized carbons (Fsp3) is 0. The third-order valence-electron chi connectivity index (χ3n) is 10.1. The van der Waals surface area contributed by atoms with Crippen LogP contribution in [-0.2, 0) is 0 Å². The maximum absolute atomic E-state index is 6.73. The summed E-state index contributed by atoms with van der Waals surface area (Å²) < 4.78 is 13.2. The molecule has 242 valence electrons. The van der Waals surface area contributed by atoms with Crippen LogP contribution < -0.4 is 0 Å². The number of fused-ring (bicyclic) bond motifs is 9. The fourth-order valence-electron chi connectivity index (χ4n) is 7.69. The van der Waals surface area contributed by atoms with E-state index < -0.39 is 0 Å². The zero-order chi connectivity index (χ0) is 34.2. The normalized spacial score (nSPS) is 11.8. The van der Waals surface area contributed by atoms with Gasteiger partial charge in [-0.2, -0.15) is 0 Å². The second kappa shape index (κ2) is 11.2. The molecule has 0 bridgehead atoms. The standard InChI is InChI=1S/C47H27N3O2/c1-2-12-30(13-3-1)45-48-46(31-26-25-29-24-23-28-11-4-5-14-32(28)39(29)27-31)50-47(49-45)38-20-10-22-41-42(38)37-19-9-18-36(44(37)52-41)35-17-8-16-34-33-15-6-7-21-40(33)51-43(34)35/h1-27H. The van der Waals surface area contributed by atoms with Gasteiger partial charge in [0.05, 0.1) is 0 Å². The van der Waals surface area contributed by atoms with Crippen LogP contribution in [0.2, 0.25) is 0 Å². The van der Waals surface area contributed by atoms with Crippen molar-refractivity contribution in [2.24, 2.45) is 0 Å². The summed E-state index contributed by atoms with van der Waals surface area (Å²) in [4.78, 5) is 15.4. The van der Waals surface area contributed by atoms with Crippen molar-refractivity contribution >= 4 is 65.4 Å². The molecule has 0 aliphatic rings. The highest BCUT2D eigenvalue weighted by molar-refractivity contribution is 6.17. The van der Waals surface area contributed by atoms with Gasteiger partial charge in [-0.1, -0.05) is 146 Å². The number of aromatic nitrogens is 3. The first-order chi connectivity index (χ1) is 25.8. The summed E-state index contributed by atoms with van der Waals surface area (Å²) >= 11 is 0. The first kappa shape index (κ1) is 28.7. The van der Waals surface area contributed by atoms with Gasteiger partial charge in [0.15, 0.2) is 17.5 Å². The molecule has 11 aromatic rings. The maximum Gasteiger partial charge on any atom is 0.164 e. The predicted molar refractivity (Wildman–Crippen MR) is 211 cm³/mol. The summed E-state index contributed by atoms with van der Waals surface area (Å²) in [5.41, 5.74) is 7.93. The fourth-order valence-corrected chi connectivity index (χ4v) is 7.69. The molecule has 0 radical (unpaired) electrons. The second-order valence-corrected chi connectivity index (χ2v) is 13.1. The molecular weight excluding hydrogens is 639 g/mol. The van der Waals surface area contributed by atoms with Crippen LogP contribution in [0, 0.1) is 0 Å². The summed E-state index contributed by atoms with van der Waals surface area (Å²) in [5, 5.41) is 8.84. The highest BCUT2D eigenvalue weighted by Crippen LogP contribution is 2.43. The summed E-state index contributed by atoms with van der Waals surface area (Å²) in [7, 11) is 0. The maximum atomic E-state index is 6.73. The van der Waals surface area contributed by atoms with E-state index in [1.54, 1.807) is 0 Å². The van der Waals surface area contributed by atoms with Crippen LogP contribution >= 0.6 is 0 Å². The lowest BCUT2D eigenvalue weighted by atomic mass is 9.98. The molecule has 11 rings (SSSR count). The van der Waals surface area contributed by atoms with E-state index >= 15 is 0 Å². The van der Waals surface area contributed by atoms with Gasteiger partial charge in [0, 0.05) is 49.4 Å². The minimum Gasteiger partial charge on any atom is -0.455 e. The largest absolute Gasteiger partial charge is 0.455 e. The van der Waals surface area contributed by atoms with Crippen LogP contribution in [-0.4, -0.2) is 15.0 Å². The third-order valence-corrected chi connectivity index (χ3v) is 10.1. The number of benzene rings is 8. The molecule has 0 atom stereocenters. The molecule has 0 N–H and O–H groups in total. The third kappa shape index (κ3) is 4.39. The van der Waals surface area contributed by atoms with Crippen molar-refractivity contribution in [1.29, 1.82) is 0 Å². The highest BCUT2D eigenvalue weighted by atomic mass is 16.3. The summed E-state index contributed by atoms with van der Waals surface area (Å²) in [6.07, 6.45) is 0. The molecule has 3 aromatic heterocycles. The molecule has 0 aliphatic heterocycles. The molecule has 3 heterocycles. The van der Waals surface area contributed by atoms with E-state index in [0.29, 0.717) is 17.5 Å². The van der Waals surface area contributed by atoms with E-state index in [4.69, 9.17) is 23.8 Å². The van der Waals surface area contributed by atoms with E-state index in [1.807, 2.05) is 60.7 Å². The van der Waals surface area contributed by atoms with Crippen molar-refractivity contribution < 1.29 is 8.83 Å². The summed E-state index contributed by atoms with van der Waals surface area (Å²) in [6, 6.07) is 56.2. The van der Waals surface area contributed by atoms with Gasteiger partial charge >= 0.3 is 0 Å². The number of nitrogens with zero attached hydrogens (tertiary/aromatic N) is 3. The monoisotopic (exact) mass is 665 g/mol. The molecule has 52 heavy (non-hydrogen) atoms. The summed E-state index contributed by atoms with van der Waals surface area (Å²) in [6.45, 7) is 0. The first-order valence-electron chi connectivity index (χ1n) is 17.4. The molecule has 5 nitrogen and oxygen atoms in total. The van der Waals surface area contributed by atoms with E-state index in [1.165, 1.54) is 16.2 Å². The van der Waals surface area contributed by atoms with Crippen LogP contribution in [0.4, 0.5) is 0 Å². The molecule has 0 spiro atoms. The number of rotatable bonds is 4. The Labute approximate surface area is 297 Å². The van der Waals surface area contributed by atoms with E-state index in [-0.39, 0.29) is 0 Å². The highest BCUT2D eigenvalue weighted by Gasteiger charge is 2.21. The SMILES string of the molecule is c1ccc(-c2nc(-c3ccc4ccc5ccccc5c4c3)nc(-c3cccc4oc5c(-c6cccc7c6oc6ccccc67)cccc5c34)n2)cc1. The van der Waals surface area contributed by atoms with Crippen LogP contribution in [0.3, 0.4) is 0 Å². The van der Waals surface area contributed by atoms with Crippen molar-refractivity contribution in [2.45, 2.75) is 0 Å². The molecule has 0 amide bonds. The average Bonchev–Trinajstić information content (AvgIpc) is 3.80. The topological polar surface area (TPSA) is 65.0 Å². The molecule has 8 aromatic carbocycles. The number of hydrogen-bond donors (Lipinski definition) is 0. The van der Waals surface area contributed by atoms with Gasteiger partial charge in [0.2, 0.25) is 0 Å². The smallest absolute Gasteiger partial charge is 0.164 e. The molecule has 0 fully saturated rings. The first-order valence-corrected chi connectivity index (χ1v) is 17.4. The van der Waals surface area contributed by atoms with Crippen molar-refractivity contribution in [1.82, 2.24) is 15.0 Å². The molecular formula is C47H27N3O2. The number of hydrogen-bond acceptors (Lipinski definition) is 5. The molecule has 0 aliphatic carbocycles. The van der Waals surface area contributed by atoms with Crippen LogP contribution in [0.25, 0.3) is 111 Å². The van der Waals surface area contributed by atoms with Gasteiger partial charge in [-0.25, -0.2) is 15.0 Å². The van der Waals surface area contributed by atoms with E-state index in [9.17, 15) is 0 Å². The van der Waals surface area contributed by atoms with Crippen LogP contribution in [0.15, 0.2) is 173 Å². The Hall–Kier alpha value is -7.11. The predicted octanol–water partition coefficient (Wildman–Crippen LogP) is 12.6. The van der Waals surface area contributed by atoms with Crippen molar-refractivity contribution in [2.75, 3.05) is 0 Å². The van der Waals surface area contributed by atoms with Crippen LogP contribution in [0.5, 0.6) is 0 Å². The zero-order valence-electron chi connectivity index (χ0n) is 27.7.